The van der Waals surface area contributed by atoms with Gasteiger partial charge in [-0.2, -0.15) is 0 Å². The number of ether oxygens (including phenoxy) is 2. The number of nitrogens with one attached hydrogen (secondary N) is 1. The molecule has 2 aliphatic heterocycles. The van der Waals surface area contributed by atoms with Crippen molar-refractivity contribution in [2.45, 2.75) is 32.2 Å². The first kappa shape index (κ1) is 24.6. The van der Waals surface area contributed by atoms with Crippen molar-refractivity contribution in [3.8, 4) is 5.75 Å². The van der Waals surface area contributed by atoms with Crippen LogP contribution in [0.2, 0.25) is 0 Å². The van der Waals surface area contributed by atoms with Crippen molar-refractivity contribution < 1.29 is 19.1 Å². The number of esters is 1. The van der Waals surface area contributed by atoms with E-state index >= 15 is 0 Å². The van der Waals surface area contributed by atoms with Crippen molar-refractivity contribution in [2.75, 3.05) is 20.8 Å². The highest BCUT2D eigenvalue weighted by molar-refractivity contribution is 8.16. The first-order chi connectivity index (χ1) is 17.1. The van der Waals surface area contributed by atoms with Crippen LogP contribution in [-0.4, -0.2) is 42.7 Å². The smallest absolute Gasteiger partial charge is 0.338 e. The third kappa shape index (κ3) is 5.27. The van der Waals surface area contributed by atoms with E-state index in [1.807, 2.05) is 71.8 Å². The van der Waals surface area contributed by atoms with Gasteiger partial charge in [0.1, 0.15) is 5.75 Å². The standard InChI is InChI=1S/C27H29N3O4S/c1-4-21-24(26(32)34-3)25(20-12-8-9-13-22(20)33-2)30-19(17-35-27(30)29-21)16-23(31)28-15-14-18-10-6-5-7-11-18/h5-13,17,25H,4,14-16H2,1-3H3,(H,28,31)/t25-/m1/s1. The quantitative estimate of drug-likeness (QED) is 0.517. The Kier molecular flexibility index (Phi) is 7.92. The van der Waals surface area contributed by atoms with Crippen LogP contribution in [0.5, 0.6) is 5.75 Å². The number of nitrogens with zero attached hydrogens (tertiary/aromatic N) is 2. The van der Waals surface area contributed by atoms with Gasteiger partial charge in [-0.3, -0.25) is 4.79 Å². The molecule has 0 bridgehead atoms. The second-order valence-electron chi connectivity index (χ2n) is 8.10. The van der Waals surface area contributed by atoms with Gasteiger partial charge in [-0.05, 0) is 29.9 Å². The van der Waals surface area contributed by atoms with Crippen LogP contribution in [-0.2, 0) is 20.7 Å². The maximum absolute atomic E-state index is 13.0. The second kappa shape index (κ2) is 11.3. The van der Waals surface area contributed by atoms with Crippen LogP contribution in [0.15, 0.2) is 82.0 Å². The maximum atomic E-state index is 13.0. The summed E-state index contributed by atoms with van der Waals surface area (Å²) in [5, 5.41) is 5.68. The number of methoxy groups -OCH3 is 2. The van der Waals surface area contributed by atoms with Crippen LogP contribution in [0, 0.1) is 0 Å². The zero-order valence-electron chi connectivity index (χ0n) is 20.1. The molecule has 0 saturated heterocycles. The van der Waals surface area contributed by atoms with Crippen molar-refractivity contribution in [1.82, 2.24) is 10.2 Å². The molecule has 8 heteroatoms. The highest BCUT2D eigenvalue weighted by atomic mass is 32.2. The minimum atomic E-state index is -0.514. The number of carbonyl (C=O) groups is 2. The molecule has 0 saturated carbocycles. The lowest BCUT2D eigenvalue weighted by molar-refractivity contribution is -0.136. The number of rotatable bonds is 9. The van der Waals surface area contributed by atoms with Crippen molar-refractivity contribution in [3.05, 3.63) is 88.1 Å². The molecule has 2 heterocycles. The molecule has 182 valence electrons. The van der Waals surface area contributed by atoms with Crippen molar-refractivity contribution in [3.63, 3.8) is 0 Å². The molecular weight excluding hydrogens is 462 g/mol. The summed E-state index contributed by atoms with van der Waals surface area (Å²) in [4.78, 5) is 32.6. The Labute approximate surface area is 209 Å². The van der Waals surface area contributed by atoms with Crippen LogP contribution in [0.1, 0.15) is 36.9 Å². The summed E-state index contributed by atoms with van der Waals surface area (Å²) < 4.78 is 10.8. The third-order valence-electron chi connectivity index (χ3n) is 5.98. The zero-order valence-corrected chi connectivity index (χ0v) is 20.9. The molecule has 1 N–H and O–H groups in total. The molecule has 4 rings (SSSR count). The average Bonchev–Trinajstić information content (AvgIpc) is 3.29. The number of benzene rings is 2. The SMILES string of the molecule is CCC1=C(C(=O)OC)[C@@H](c2ccccc2OC)N2C(CC(=O)NCCc3ccccc3)=CSC2=N1. The molecule has 0 spiro atoms. The van der Waals surface area contributed by atoms with Gasteiger partial charge >= 0.3 is 5.97 Å². The normalized spacial score (nSPS) is 16.9. The highest BCUT2D eigenvalue weighted by Crippen LogP contribution is 2.47. The number of hydrogen-bond donors (Lipinski definition) is 1. The molecule has 2 aromatic rings. The van der Waals surface area contributed by atoms with Gasteiger partial charge in [0.15, 0.2) is 5.17 Å². The topological polar surface area (TPSA) is 80.2 Å². The van der Waals surface area contributed by atoms with E-state index in [4.69, 9.17) is 14.5 Å². The summed E-state index contributed by atoms with van der Waals surface area (Å²) in [5.41, 5.74) is 3.89. The van der Waals surface area contributed by atoms with E-state index in [2.05, 4.69) is 5.32 Å². The van der Waals surface area contributed by atoms with Gasteiger partial charge in [0, 0.05) is 17.8 Å². The Balaban J connectivity index is 1.60. The summed E-state index contributed by atoms with van der Waals surface area (Å²) >= 11 is 1.46. The summed E-state index contributed by atoms with van der Waals surface area (Å²) in [6.45, 7) is 2.51. The fourth-order valence-electron chi connectivity index (χ4n) is 4.32. The molecule has 2 aliphatic rings. The molecule has 0 radical (unpaired) electrons. The van der Waals surface area contributed by atoms with E-state index in [-0.39, 0.29) is 12.3 Å². The molecule has 2 aromatic carbocycles. The molecule has 1 amide bonds. The van der Waals surface area contributed by atoms with E-state index in [1.54, 1.807) is 7.11 Å². The lowest BCUT2D eigenvalue weighted by Crippen LogP contribution is -2.38. The summed E-state index contributed by atoms with van der Waals surface area (Å²) in [5.74, 6) is 0.126. The van der Waals surface area contributed by atoms with Crippen LogP contribution in [0.4, 0.5) is 0 Å². The number of allylic oxidation sites excluding steroid dienone is 1. The molecule has 1 atom stereocenters. The van der Waals surface area contributed by atoms with Crippen molar-refractivity contribution >= 4 is 28.8 Å². The number of carbonyl (C=O) groups excluding carboxylic acids is 2. The van der Waals surface area contributed by atoms with Gasteiger partial charge in [-0.15, -0.1) is 0 Å². The van der Waals surface area contributed by atoms with Gasteiger partial charge in [0.25, 0.3) is 0 Å². The predicted molar refractivity (Wildman–Crippen MR) is 138 cm³/mol. The minimum absolute atomic E-state index is 0.0855. The van der Waals surface area contributed by atoms with Crippen LogP contribution in [0.3, 0.4) is 0 Å². The Bertz CT molecular complexity index is 1190. The summed E-state index contributed by atoms with van der Waals surface area (Å²) in [6.07, 6.45) is 1.50. The monoisotopic (exact) mass is 491 g/mol. The van der Waals surface area contributed by atoms with Gasteiger partial charge < -0.3 is 19.7 Å². The summed E-state index contributed by atoms with van der Waals surface area (Å²) in [6, 6.07) is 17.1. The van der Waals surface area contributed by atoms with Crippen LogP contribution < -0.4 is 10.1 Å². The van der Waals surface area contributed by atoms with Gasteiger partial charge in [-0.25, -0.2) is 9.79 Å². The molecule has 0 aromatic heterocycles. The zero-order chi connectivity index (χ0) is 24.8. The lowest BCUT2D eigenvalue weighted by Gasteiger charge is -2.37. The van der Waals surface area contributed by atoms with E-state index < -0.39 is 12.0 Å². The van der Waals surface area contributed by atoms with Crippen LogP contribution in [0.25, 0.3) is 0 Å². The van der Waals surface area contributed by atoms with Gasteiger partial charge in [-0.1, -0.05) is 67.2 Å². The first-order valence-corrected chi connectivity index (χ1v) is 12.4. The van der Waals surface area contributed by atoms with E-state index in [0.29, 0.717) is 30.0 Å². The number of amidine groups is 1. The average molecular weight is 492 g/mol. The first-order valence-electron chi connectivity index (χ1n) is 11.6. The van der Waals surface area contributed by atoms with Gasteiger partial charge in [0.05, 0.1) is 38.0 Å². The number of thioether (sulfide) groups is 1. The number of aliphatic imine (C=N–C) groups is 1. The largest absolute Gasteiger partial charge is 0.496 e. The fourth-order valence-corrected chi connectivity index (χ4v) is 5.25. The van der Waals surface area contributed by atoms with Crippen molar-refractivity contribution in [2.24, 2.45) is 4.99 Å². The number of hydrogen-bond acceptors (Lipinski definition) is 7. The highest BCUT2D eigenvalue weighted by Gasteiger charge is 2.42. The third-order valence-corrected chi connectivity index (χ3v) is 6.87. The van der Waals surface area contributed by atoms with Gasteiger partial charge in [0.2, 0.25) is 5.91 Å². The van der Waals surface area contributed by atoms with Crippen molar-refractivity contribution in [1.29, 1.82) is 0 Å². The number of amides is 1. The van der Waals surface area contributed by atoms with E-state index in [1.165, 1.54) is 24.4 Å². The minimum Gasteiger partial charge on any atom is -0.496 e. The second-order valence-corrected chi connectivity index (χ2v) is 8.94. The molecule has 0 unspecified atom stereocenters. The summed E-state index contributed by atoms with van der Waals surface area (Å²) in [7, 11) is 2.98. The predicted octanol–water partition coefficient (Wildman–Crippen LogP) is 4.58. The molecule has 7 nitrogen and oxygen atoms in total. The number of para-hydroxylation sites is 1. The number of fused-ring (bicyclic) bond motifs is 1. The van der Waals surface area contributed by atoms with E-state index in [9.17, 15) is 9.59 Å². The maximum Gasteiger partial charge on any atom is 0.338 e. The Hall–Kier alpha value is -3.52. The Morgan fingerprint density at radius 1 is 1.09 bits per heavy atom. The van der Waals surface area contributed by atoms with Crippen LogP contribution >= 0.6 is 11.8 Å². The molecular formula is C27H29N3O4S. The lowest BCUT2D eigenvalue weighted by atomic mass is 9.92. The molecule has 0 fully saturated rings. The molecule has 35 heavy (non-hydrogen) atoms. The van der Waals surface area contributed by atoms with E-state index in [0.717, 1.165) is 22.8 Å². The Morgan fingerprint density at radius 2 is 1.83 bits per heavy atom. The molecule has 0 aliphatic carbocycles. The fraction of sp³-hybridized carbons (Fsp3) is 0.296. The Morgan fingerprint density at radius 3 is 2.54 bits per heavy atom.